The van der Waals surface area contributed by atoms with Gasteiger partial charge in [-0.05, 0) is 47.7 Å². The van der Waals surface area contributed by atoms with Crippen LogP contribution in [-0.4, -0.2) is 42.6 Å². The van der Waals surface area contributed by atoms with E-state index >= 15 is 0 Å². The van der Waals surface area contributed by atoms with E-state index in [-0.39, 0.29) is 18.4 Å². The quantitative estimate of drug-likeness (QED) is 0.752. The molecule has 3 rings (SSSR count). The summed E-state index contributed by atoms with van der Waals surface area (Å²) in [4.78, 5) is 30.3. The molecule has 0 atom stereocenters. The third kappa shape index (κ3) is 4.74. The Bertz CT molecular complexity index is 960. The molecule has 1 aliphatic heterocycles. The fraction of sp³-hybridized carbons (Fsp3) is 0.150. The zero-order valence-corrected chi connectivity index (χ0v) is 16.9. The Labute approximate surface area is 172 Å². The number of para-hydroxylation sites is 1. The smallest absolute Gasteiger partial charge is 0.266 e. The number of amides is 2. The van der Waals surface area contributed by atoms with Gasteiger partial charge in [0.15, 0.2) is 11.8 Å². The average Bonchev–Trinajstić information content (AvgIpc) is 2.96. The lowest BCUT2D eigenvalue weighted by Gasteiger charge is -2.09. The highest BCUT2D eigenvalue weighted by Gasteiger charge is 2.29. The Morgan fingerprint density at radius 2 is 2.04 bits per heavy atom. The lowest BCUT2D eigenvalue weighted by atomic mass is 10.2. The Morgan fingerprint density at radius 1 is 1.29 bits per heavy atom. The van der Waals surface area contributed by atoms with Crippen LogP contribution in [0.4, 0.5) is 5.69 Å². The van der Waals surface area contributed by atoms with Crippen molar-refractivity contribution in [1.82, 2.24) is 4.90 Å². The van der Waals surface area contributed by atoms with Crippen molar-refractivity contribution in [2.24, 2.45) is 4.99 Å². The van der Waals surface area contributed by atoms with Gasteiger partial charge in [-0.15, -0.1) is 0 Å². The molecule has 1 heterocycles. The topological polar surface area (TPSA) is 71.0 Å². The normalized spacial score (nSPS) is 16.7. The van der Waals surface area contributed by atoms with Gasteiger partial charge in [0.05, 0.1) is 9.93 Å². The average molecular weight is 416 g/mol. The van der Waals surface area contributed by atoms with Crippen LogP contribution in [0.5, 0.6) is 5.75 Å². The predicted octanol–water partition coefficient (Wildman–Crippen LogP) is 3.89. The van der Waals surface area contributed by atoms with Gasteiger partial charge in [-0.1, -0.05) is 35.9 Å². The summed E-state index contributed by atoms with van der Waals surface area (Å²) in [6, 6.07) is 14.3. The molecule has 1 aliphatic rings. The number of hydrogen-bond acceptors (Lipinski definition) is 5. The zero-order chi connectivity index (χ0) is 20.1. The molecule has 2 amide bonds. The van der Waals surface area contributed by atoms with Crippen molar-refractivity contribution in [3.63, 3.8) is 0 Å². The van der Waals surface area contributed by atoms with Gasteiger partial charge in [-0.25, -0.2) is 0 Å². The molecule has 0 saturated carbocycles. The first-order chi connectivity index (χ1) is 13.5. The molecule has 8 heteroatoms. The number of amidine groups is 1. The van der Waals surface area contributed by atoms with Gasteiger partial charge < -0.3 is 10.1 Å². The molecule has 2 aromatic carbocycles. The summed E-state index contributed by atoms with van der Waals surface area (Å²) in [5, 5.41) is 3.74. The minimum atomic E-state index is -0.282. The summed E-state index contributed by atoms with van der Waals surface area (Å²) in [7, 11) is 3.33. The number of rotatable bonds is 5. The number of carbonyl (C=O) groups excluding carboxylic acids is 2. The molecule has 144 valence electrons. The summed E-state index contributed by atoms with van der Waals surface area (Å²) >= 11 is 7.57. The van der Waals surface area contributed by atoms with E-state index in [0.29, 0.717) is 26.5 Å². The van der Waals surface area contributed by atoms with Crippen LogP contribution in [0.3, 0.4) is 0 Å². The van der Waals surface area contributed by atoms with Crippen LogP contribution >= 0.6 is 23.4 Å². The summed E-state index contributed by atoms with van der Waals surface area (Å²) in [6.45, 7) is -0.162. The Morgan fingerprint density at radius 3 is 2.68 bits per heavy atom. The van der Waals surface area contributed by atoms with Crippen LogP contribution in [0.25, 0.3) is 6.08 Å². The monoisotopic (exact) mass is 415 g/mol. The highest BCUT2D eigenvalue weighted by Crippen LogP contribution is 2.33. The van der Waals surface area contributed by atoms with Crippen molar-refractivity contribution < 1.29 is 14.3 Å². The SMILES string of the molecule is CN=C1S/C(=C/c2ccc(OCC(=O)Nc3ccccc3)c(Cl)c2)C(=O)N1C. The van der Waals surface area contributed by atoms with Gasteiger partial charge in [0.1, 0.15) is 5.75 Å². The van der Waals surface area contributed by atoms with E-state index in [0.717, 1.165) is 5.56 Å². The Balaban J connectivity index is 1.64. The van der Waals surface area contributed by atoms with Gasteiger partial charge in [-0.2, -0.15) is 0 Å². The second-order valence-corrected chi connectivity index (χ2v) is 7.29. The number of nitrogens with one attached hydrogen (secondary N) is 1. The van der Waals surface area contributed by atoms with Crippen LogP contribution in [0.15, 0.2) is 58.4 Å². The van der Waals surface area contributed by atoms with E-state index in [4.69, 9.17) is 16.3 Å². The van der Waals surface area contributed by atoms with E-state index in [1.165, 1.54) is 16.7 Å². The maximum absolute atomic E-state index is 12.2. The van der Waals surface area contributed by atoms with Crippen LogP contribution in [0.2, 0.25) is 5.02 Å². The number of aliphatic imine (C=N–C) groups is 1. The number of thioether (sulfide) groups is 1. The van der Waals surface area contributed by atoms with Crippen molar-refractivity contribution in [1.29, 1.82) is 0 Å². The van der Waals surface area contributed by atoms with E-state index in [1.807, 2.05) is 18.2 Å². The Kier molecular flexibility index (Phi) is 6.38. The number of likely N-dealkylation sites (N-methyl/N-ethyl adjacent to an activating group) is 1. The number of carbonyl (C=O) groups is 2. The summed E-state index contributed by atoms with van der Waals surface area (Å²) in [5.74, 6) is 0.000762. The van der Waals surface area contributed by atoms with Crippen LogP contribution in [0.1, 0.15) is 5.56 Å². The molecule has 28 heavy (non-hydrogen) atoms. The molecule has 2 aromatic rings. The minimum absolute atomic E-state index is 0.111. The molecule has 0 bridgehead atoms. The highest BCUT2D eigenvalue weighted by atomic mass is 35.5. The molecule has 0 radical (unpaired) electrons. The second-order valence-electron chi connectivity index (χ2n) is 5.87. The number of anilines is 1. The van der Waals surface area contributed by atoms with Gasteiger partial charge in [0, 0.05) is 19.8 Å². The fourth-order valence-electron chi connectivity index (χ4n) is 2.49. The van der Waals surface area contributed by atoms with Crippen molar-refractivity contribution in [2.45, 2.75) is 0 Å². The number of halogens is 1. The van der Waals surface area contributed by atoms with Crippen LogP contribution in [0, 0.1) is 0 Å². The highest BCUT2D eigenvalue weighted by molar-refractivity contribution is 8.18. The van der Waals surface area contributed by atoms with Crippen molar-refractivity contribution in [3.05, 3.63) is 64.0 Å². The molecule has 1 saturated heterocycles. The molecule has 6 nitrogen and oxygen atoms in total. The first-order valence-electron chi connectivity index (χ1n) is 8.39. The third-order valence-electron chi connectivity index (χ3n) is 3.86. The summed E-state index contributed by atoms with van der Waals surface area (Å²) in [6.07, 6.45) is 1.75. The fourth-order valence-corrected chi connectivity index (χ4v) is 3.66. The van der Waals surface area contributed by atoms with Gasteiger partial charge >= 0.3 is 0 Å². The lowest BCUT2D eigenvalue weighted by molar-refractivity contribution is -0.121. The third-order valence-corrected chi connectivity index (χ3v) is 5.31. The van der Waals surface area contributed by atoms with Crippen LogP contribution in [-0.2, 0) is 9.59 Å². The largest absolute Gasteiger partial charge is 0.482 e. The van der Waals surface area contributed by atoms with Crippen molar-refractivity contribution >= 4 is 52.1 Å². The molecular formula is C20H18ClN3O3S. The van der Waals surface area contributed by atoms with Gasteiger partial charge in [-0.3, -0.25) is 19.5 Å². The minimum Gasteiger partial charge on any atom is -0.482 e. The number of hydrogen-bond donors (Lipinski definition) is 1. The molecule has 0 unspecified atom stereocenters. The zero-order valence-electron chi connectivity index (χ0n) is 15.3. The van der Waals surface area contributed by atoms with E-state index in [1.54, 1.807) is 50.5 Å². The van der Waals surface area contributed by atoms with Crippen molar-refractivity contribution in [2.75, 3.05) is 26.0 Å². The van der Waals surface area contributed by atoms with E-state index in [9.17, 15) is 9.59 Å². The van der Waals surface area contributed by atoms with Gasteiger partial charge in [0.2, 0.25) is 0 Å². The molecule has 1 N–H and O–H groups in total. The molecule has 1 fully saturated rings. The van der Waals surface area contributed by atoms with E-state index in [2.05, 4.69) is 10.3 Å². The number of benzene rings is 2. The molecular weight excluding hydrogens is 398 g/mol. The maximum Gasteiger partial charge on any atom is 0.266 e. The standard InChI is InChI=1S/C20H18ClN3O3S/c1-22-20-24(2)19(26)17(28-20)11-13-8-9-16(15(21)10-13)27-12-18(25)23-14-6-4-3-5-7-14/h3-11H,12H2,1-2H3,(H,23,25)/b17-11+,22-20?. The first kappa shape index (κ1) is 20.0. The molecule has 0 spiro atoms. The van der Waals surface area contributed by atoms with Crippen LogP contribution < -0.4 is 10.1 Å². The second kappa shape index (κ2) is 8.95. The predicted molar refractivity (Wildman–Crippen MR) is 114 cm³/mol. The Hall–Kier alpha value is -2.77. The van der Waals surface area contributed by atoms with Crippen molar-refractivity contribution in [3.8, 4) is 5.75 Å². The molecule has 0 aliphatic carbocycles. The maximum atomic E-state index is 12.2. The lowest BCUT2D eigenvalue weighted by Crippen LogP contribution is -2.23. The number of nitrogens with zero attached hydrogens (tertiary/aromatic N) is 2. The first-order valence-corrected chi connectivity index (χ1v) is 9.59. The van der Waals surface area contributed by atoms with Gasteiger partial charge in [0.25, 0.3) is 11.8 Å². The summed E-state index contributed by atoms with van der Waals surface area (Å²) < 4.78 is 5.50. The molecule has 0 aromatic heterocycles. The summed E-state index contributed by atoms with van der Waals surface area (Å²) in [5.41, 5.74) is 1.45. The number of ether oxygens (including phenoxy) is 1. The van der Waals surface area contributed by atoms with E-state index < -0.39 is 0 Å².